The highest BCUT2D eigenvalue weighted by Crippen LogP contribution is 2.16. The number of hydrogen-bond acceptors (Lipinski definition) is 4. The Hall–Kier alpha value is -1.62. The normalized spacial score (nSPS) is 10.7. The van der Waals surface area contributed by atoms with Gasteiger partial charge in [-0.05, 0) is 19.9 Å². The predicted molar refractivity (Wildman–Crippen MR) is 58.7 cm³/mol. The van der Waals surface area contributed by atoms with E-state index in [1.54, 1.807) is 26.1 Å². The van der Waals surface area contributed by atoms with Crippen molar-refractivity contribution in [2.24, 2.45) is 0 Å². The molecule has 0 fully saturated rings. The van der Waals surface area contributed by atoms with Gasteiger partial charge < -0.3 is 4.74 Å². The van der Waals surface area contributed by atoms with Crippen molar-refractivity contribution in [1.82, 2.24) is 14.6 Å². The molecule has 2 rings (SSSR count). The smallest absolute Gasteiger partial charge is 0.343 e. The molecular weight excluding hydrogens is 230 g/mol. The molecule has 0 aliphatic rings. The third-order valence-corrected chi connectivity index (χ3v) is 2.32. The summed E-state index contributed by atoms with van der Waals surface area (Å²) in [6.07, 6.45) is 1.65. The Bertz CT molecular complexity index is 550. The fraction of sp³-hybridized carbons (Fsp3) is 0.300. The lowest BCUT2D eigenvalue weighted by molar-refractivity contribution is 0.0527. The van der Waals surface area contributed by atoms with E-state index in [1.807, 2.05) is 0 Å². The van der Waals surface area contributed by atoms with E-state index in [0.717, 1.165) is 0 Å². The van der Waals surface area contributed by atoms with Gasteiger partial charge in [-0.1, -0.05) is 11.6 Å². The van der Waals surface area contributed by atoms with Gasteiger partial charge in [0.25, 0.3) is 0 Å². The maximum absolute atomic E-state index is 11.7. The number of rotatable bonds is 2. The van der Waals surface area contributed by atoms with Gasteiger partial charge in [0.05, 0.1) is 12.3 Å². The molecular formula is C10H10ClN3O2. The highest BCUT2D eigenvalue weighted by molar-refractivity contribution is 6.29. The van der Waals surface area contributed by atoms with Crippen LogP contribution in [-0.4, -0.2) is 27.2 Å². The van der Waals surface area contributed by atoms with Crippen LogP contribution in [0.5, 0.6) is 0 Å². The number of carbonyl (C=O) groups is 1. The molecule has 0 bridgehead atoms. The second-order valence-electron chi connectivity index (χ2n) is 3.20. The summed E-state index contributed by atoms with van der Waals surface area (Å²) in [6, 6.07) is 1.61. The van der Waals surface area contributed by atoms with Crippen LogP contribution in [0.3, 0.4) is 0 Å². The minimum absolute atomic E-state index is 0.316. The van der Waals surface area contributed by atoms with Crippen LogP contribution >= 0.6 is 11.6 Å². The molecule has 0 N–H and O–H groups in total. The fourth-order valence-corrected chi connectivity index (χ4v) is 1.60. The van der Waals surface area contributed by atoms with Crippen LogP contribution in [0, 0.1) is 6.92 Å². The third-order valence-electron chi connectivity index (χ3n) is 2.11. The Morgan fingerprint density at radius 1 is 1.62 bits per heavy atom. The lowest BCUT2D eigenvalue weighted by Gasteiger charge is -2.00. The first kappa shape index (κ1) is 10.9. The van der Waals surface area contributed by atoms with Crippen molar-refractivity contribution in [2.75, 3.05) is 6.61 Å². The Balaban J connectivity index is 2.62. The van der Waals surface area contributed by atoms with Crippen LogP contribution in [0.15, 0.2) is 12.3 Å². The van der Waals surface area contributed by atoms with Crippen LogP contribution in [0.4, 0.5) is 0 Å². The molecule has 6 heteroatoms. The quantitative estimate of drug-likeness (QED) is 0.593. The van der Waals surface area contributed by atoms with Crippen molar-refractivity contribution in [2.45, 2.75) is 13.8 Å². The maximum Gasteiger partial charge on any atom is 0.343 e. The average Bonchev–Trinajstić information content (AvgIpc) is 2.53. The first-order valence-electron chi connectivity index (χ1n) is 4.82. The average molecular weight is 240 g/mol. The number of hydrogen-bond donors (Lipinski definition) is 0. The Kier molecular flexibility index (Phi) is 2.78. The lowest BCUT2D eigenvalue weighted by Crippen LogP contribution is -2.06. The first-order chi connectivity index (χ1) is 7.63. The van der Waals surface area contributed by atoms with Crippen molar-refractivity contribution in [1.29, 1.82) is 0 Å². The zero-order valence-electron chi connectivity index (χ0n) is 8.90. The van der Waals surface area contributed by atoms with Crippen LogP contribution in [-0.2, 0) is 4.74 Å². The van der Waals surface area contributed by atoms with Gasteiger partial charge in [-0.25, -0.2) is 14.3 Å². The number of fused-ring (bicyclic) bond motifs is 1. The molecule has 0 saturated heterocycles. The zero-order valence-corrected chi connectivity index (χ0v) is 9.65. The van der Waals surface area contributed by atoms with Crippen molar-refractivity contribution < 1.29 is 9.53 Å². The summed E-state index contributed by atoms with van der Waals surface area (Å²) in [7, 11) is 0. The van der Waals surface area contributed by atoms with E-state index in [1.165, 1.54) is 4.52 Å². The molecule has 0 atom stereocenters. The molecule has 5 nitrogen and oxygen atoms in total. The van der Waals surface area contributed by atoms with Crippen molar-refractivity contribution in [3.63, 3.8) is 0 Å². The van der Waals surface area contributed by atoms with Gasteiger partial charge in [-0.3, -0.25) is 0 Å². The second-order valence-corrected chi connectivity index (χ2v) is 3.59. The maximum atomic E-state index is 11.7. The van der Waals surface area contributed by atoms with E-state index < -0.39 is 5.97 Å². The minimum Gasteiger partial charge on any atom is -0.462 e. The highest BCUT2D eigenvalue weighted by Gasteiger charge is 2.19. The molecule has 0 unspecified atom stereocenters. The molecule has 0 amide bonds. The van der Waals surface area contributed by atoms with Gasteiger partial charge >= 0.3 is 5.97 Å². The van der Waals surface area contributed by atoms with Crippen LogP contribution < -0.4 is 0 Å². The number of halogens is 1. The Morgan fingerprint density at radius 2 is 2.38 bits per heavy atom. The Morgan fingerprint density at radius 3 is 3.06 bits per heavy atom. The summed E-state index contributed by atoms with van der Waals surface area (Å²) in [5.74, 6) is -0.426. The topological polar surface area (TPSA) is 56.5 Å². The molecule has 0 saturated carbocycles. The number of aryl methyl sites for hydroxylation is 1. The SMILES string of the molecule is CCOC(=O)c1c(C)nn2ccc(Cl)nc12. The largest absolute Gasteiger partial charge is 0.462 e. The van der Waals surface area contributed by atoms with E-state index in [2.05, 4.69) is 10.1 Å². The summed E-state index contributed by atoms with van der Waals surface area (Å²) in [6.45, 7) is 3.80. The summed E-state index contributed by atoms with van der Waals surface area (Å²) in [4.78, 5) is 15.8. The highest BCUT2D eigenvalue weighted by atomic mass is 35.5. The standard InChI is InChI=1S/C10H10ClN3O2/c1-3-16-10(15)8-6(2)13-14-5-4-7(11)12-9(8)14/h4-5H,3H2,1-2H3. The first-order valence-corrected chi connectivity index (χ1v) is 5.20. The van der Waals surface area contributed by atoms with Crippen LogP contribution in [0.2, 0.25) is 5.15 Å². The molecule has 0 aromatic carbocycles. The van der Waals surface area contributed by atoms with E-state index in [-0.39, 0.29) is 0 Å². The predicted octanol–water partition coefficient (Wildman–Crippen LogP) is 1.87. The van der Waals surface area contributed by atoms with Gasteiger partial charge in [0, 0.05) is 6.20 Å². The number of carbonyl (C=O) groups excluding carboxylic acids is 1. The molecule has 0 aliphatic carbocycles. The van der Waals surface area contributed by atoms with Crippen LogP contribution in [0.1, 0.15) is 23.0 Å². The molecule has 0 spiro atoms. The van der Waals surface area contributed by atoms with Gasteiger partial charge in [-0.15, -0.1) is 0 Å². The Labute approximate surface area is 97.0 Å². The number of aromatic nitrogens is 3. The molecule has 0 aliphatic heterocycles. The molecule has 2 heterocycles. The third kappa shape index (κ3) is 1.74. The van der Waals surface area contributed by atoms with Crippen molar-refractivity contribution in [3.05, 3.63) is 28.7 Å². The van der Waals surface area contributed by atoms with E-state index >= 15 is 0 Å². The zero-order chi connectivity index (χ0) is 11.7. The molecule has 16 heavy (non-hydrogen) atoms. The molecule has 84 valence electrons. The van der Waals surface area contributed by atoms with E-state index in [0.29, 0.717) is 28.7 Å². The van der Waals surface area contributed by atoms with E-state index in [4.69, 9.17) is 16.3 Å². The summed E-state index contributed by atoms with van der Waals surface area (Å²) >= 11 is 5.78. The van der Waals surface area contributed by atoms with Crippen molar-refractivity contribution >= 4 is 23.2 Å². The van der Waals surface area contributed by atoms with E-state index in [9.17, 15) is 4.79 Å². The summed E-state index contributed by atoms with van der Waals surface area (Å²) < 4.78 is 6.45. The number of nitrogens with zero attached hydrogens (tertiary/aromatic N) is 3. The molecule has 0 radical (unpaired) electrons. The fourth-order valence-electron chi connectivity index (χ4n) is 1.46. The summed E-state index contributed by atoms with van der Waals surface area (Å²) in [5.41, 5.74) is 1.36. The van der Waals surface area contributed by atoms with Gasteiger partial charge in [0.2, 0.25) is 0 Å². The monoisotopic (exact) mass is 239 g/mol. The lowest BCUT2D eigenvalue weighted by atomic mass is 10.2. The minimum atomic E-state index is -0.426. The van der Waals surface area contributed by atoms with Gasteiger partial charge in [0.1, 0.15) is 10.7 Å². The molecule has 2 aromatic heterocycles. The van der Waals surface area contributed by atoms with Gasteiger partial charge in [-0.2, -0.15) is 5.10 Å². The number of ether oxygens (including phenoxy) is 1. The second kappa shape index (κ2) is 4.09. The molecule has 2 aromatic rings. The summed E-state index contributed by atoms with van der Waals surface area (Å²) in [5, 5.41) is 4.47. The van der Waals surface area contributed by atoms with Crippen LogP contribution in [0.25, 0.3) is 5.65 Å². The van der Waals surface area contributed by atoms with Gasteiger partial charge in [0.15, 0.2) is 5.65 Å². The number of esters is 1. The van der Waals surface area contributed by atoms with Crippen molar-refractivity contribution in [3.8, 4) is 0 Å².